The van der Waals surface area contributed by atoms with Gasteiger partial charge in [-0.25, -0.2) is 14.1 Å². The highest BCUT2D eigenvalue weighted by Gasteiger charge is 2.20. The van der Waals surface area contributed by atoms with Crippen molar-refractivity contribution in [3.8, 4) is 16.9 Å². The van der Waals surface area contributed by atoms with Gasteiger partial charge in [0.1, 0.15) is 5.82 Å². The highest BCUT2D eigenvalue weighted by atomic mass is 19.1. The van der Waals surface area contributed by atoms with Crippen molar-refractivity contribution in [2.75, 3.05) is 5.32 Å². The summed E-state index contributed by atoms with van der Waals surface area (Å²) in [6, 6.07) is 13.9. The van der Waals surface area contributed by atoms with Gasteiger partial charge in [0.15, 0.2) is 11.5 Å². The molecule has 0 spiro atoms. The highest BCUT2D eigenvalue weighted by Crippen LogP contribution is 2.29. The molecule has 35 heavy (non-hydrogen) atoms. The summed E-state index contributed by atoms with van der Waals surface area (Å²) in [6.07, 6.45) is 1.62. The van der Waals surface area contributed by atoms with E-state index in [0.717, 1.165) is 11.1 Å². The number of tetrazole rings is 1. The SMILES string of the molecule is Cc1ccccc1-c1cc(C(=O)Nc2cc(-n3nnnc3C)ccc2F)c2cnn(C(C)C)c2n1. The molecule has 0 radical (unpaired) electrons. The first kappa shape index (κ1) is 22.3. The number of carbonyl (C=O) groups excluding carboxylic acids is 1. The molecule has 3 aromatic heterocycles. The number of pyridine rings is 1. The molecule has 0 saturated carbocycles. The third-order valence-electron chi connectivity index (χ3n) is 5.79. The van der Waals surface area contributed by atoms with Crippen LogP contribution in [-0.4, -0.2) is 40.9 Å². The minimum absolute atomic E-state index is 0.0149. The zero-order valence-electron chi connectivity index (χ0n) is 19.7. The molecule has 176 valence electrons. The maximum Gasteiger partial charge on any atom is 0.256 e. The predicted octanol–water partition coefficient (Wildman–Crippen LogP) is 4.66. The minimum Gasteiger partial charge on any atom is -0.319 e. The number of fused-ring (bicyclic) bond motifs is 1. The van der Waals surface area contributed by atoms with Crippen LogP contribution in [0, 0.1) is 19.7 Å². The highest BCUT2D eigenvalue weighted by molar-refractivity contribution is 6.12. The molecule has 3 heterocycles. The van der Waals surface area contributed by atoms with Gasteiger partial charge < -0.3 is 5.32 Å². The number of aromatic nitrogens is 7. The Hall–Kier alpha value is -4.47. The van der Waals surface area contributed by atoms with Crippen LogP contribution in [-0.2, 0) is 0 Å². The first-order chi connectivity index (χ1) is 16.8. The monoisotopic (exact) mass is 470 g/mol. The normalized spacial score (nSPS) is 11.4. The fourth-order valence-corrected chi connectivity index (χ4v) is 3.98. The van der Waals surface area contributed by atoms with E-state index in [9.17, 15) is 9.18 Å². The van der Waals surface area contributed by atoms with Crippen LogP contribution in [0.1, 0.15) is 41.6 Å². The van der Waals surface area contributed by atoms with E-state index in [0.29, 0.717) is 33.8 Å². The molecule has 5 aromatic rings. The van der Waals surface area contributed by atoms with E-state index < -0.39 is 11.7 Å². The van der Waals surface area contributed by atoms with Crippen molar-refractivity contribution in [3.63, 3.8) is 0 Å². The van der Waals surface area contributed by atoms with E-state index in [-0.39, 0.29) is 11.7 Å². The number of benzene rings is 2. The van der Waals surface area contributed by atoms with Crippen molar-refractivity contribution in [2.45, 2.75) is 33.7 Å². The number of nitrogens with zero attached hydrogens (tertiary/aromatic N) is 7. The van der Waals surface area contributed by atoms with Crippen LogP contribution in [0.5, 0.6) is 0 Å². The van der Waals surface area contributed by atoms with Crippen LogP contribution >= 0.6 is 0 Å². The van der Waals surface area contributed by atoms with E-state index in [1.165, 1.54) is 16.8 Å². The van der Waals surface area contributed by atoms with Gasteiger partial charge in [-0.2, -0.15) is 9.78 Å². The van der Waals surface area contributed by atoms with Gasteiger partial charge in [-0.1, -0.05) is 24.3 Å². The average molecular weight is 471 g/mol. The van der Waals surface area contributed by atoms with Crippen molar-refractivity contribution in [3.05, 3.63) is 77.5 Å². The van der Waals surface area contributed by atoms with Crippen LogP contribution in [0.15, 0.2) is 54.7 Å². The number of halogens is 1. The molecule has 0 aliphatic heterocycles. The number of aryl methyl sites for hydroxylation is 2. The third-order valence-corrected chi connectivity index (χ3v) is 5.79. The second kappa shape index (κ2) is 8.71. The van der Waals surface area contributed by atoms with Gasteiger partial charge in [-0.05, 0) is 68.0 Å². The second-order valence-corrected chi connectivity index (χ2v) is 8.55. The van der Waals surface area contributed by atoms with Crippen LogP contribution in [0.2, 0.25) is 0 Å². The number of hydrogen-bond acceptors (Lipinski definition) is 6. The quantitative estimate of drug-likeness (QED) is 0.401. The van der Waals surface area contributed by atoms with Gasteiger partial charge in [-0.15, -0.1) is 5.10 Å². The Kier molecular flexibility index (Phi) is 5.56. The van der Waals surface area contributed by atoms with Gasteiger partial charge >= 0.3 is 0 Å². The Balaban J connectivity index is 1.61. The molecule has 0 atom stereocenters. The molecule has 0 fully saturated rings. The maximum absolute atomic E-state index is 14.7. The van der Waals surface area contributed by atoms with Crippen LogP contribution in [0.4, 0.5) is 10.1 Å². The summed E-state index contributed by atoms with van der Waals surface area (Å²) in [5.74, 6) is -0.510. The van der Waals surface area contributed by atoms with Crippen LogP contribution in [0.25, 0.3) is 28.0 Å². The summed E-state index contributed by atoms with van der Waals surface area (Å²) >= 11 is 0. The van der Waals surface area contributed by atoms with E-state index >= 15 is 0 Å². The molecule has 0 aliphatic carbocycles. The molecule has 0 bridgehead atoms. The number of amides is 1. The summed E-state index contributed by atoms with van der Waals surface area (Å²) in [7, 11) is 0. The predicted molar refractivity (Wildman–Crippen MR) is 130 cm³/mol. The van der Waals surface area contributed by atoms with Gasteiger partial charge in [0.2, 0.25) is 0 Å². The fourth-order valence-electron chi connectivity index (χ4n) is 3.98. The van der Waals surface area contributed by atoms with E-state index in [1.54, 1.807) is 29.9 Å². The maximum atomic E-state index is 14.7. The third kappa shape index (κ3) is 4.03. The Bertz CT molecular complexity index is 1570. The lowest BCUT2D eigenvalue weighted by molar-refractivity contribution is 0.102. The molecule has 1 N–H and O–H groups in total. The number of nitrogens with one attached hydrogen (secondary N) is 1. The average Bonchev–Trinajstić information content (AvgIpc) is 3.46. The van der Waals surface area contributed by atoms with Crippen molar-refractivity contribution in [2.24, 2.45) is 0 Å². The van der Waals surface area contributed by atoms with E-state index in [2.05, 4.69) is 25.9 Å². The van der Waals surface area contributed by atoms with Crippen molar-refractivity contribution in [1.29, 1.82) is 0 Å². The van der Waals surface area contributed by atoms with Crippen molar-refractivity contribution >= 4 is 22.6 Å². The smallest absolute Gasteiger partial charge is 0.256 e. The van der Waals surface area contributed by atoms with Crippen LogP contribution in [0.3, 0.4) is 0 Å². The van der Waals surface area contributed by atoms with E-state index in [1.807, 2.05) is 45.0 Å². The molecule has 0 saturated heterocycles. The summed E-state index contributed by atoms with van der Waals surface area (Å²) in [4.78, 5) is 18.3. The first-order valence-electron chi connectivity index (χ1n) is 11.1. The number of anilines is 1. The van der Waals surface area contributed by atoms with Gasteiger partial charge in [0.05, 0.1) is 34.2 Å². The van der Waals surface area contributed by atoms with Crippen molar-refractivity contribution < 1.29 is 9.18 Å². The van der Waals surface area contributed by atoms with Gasteiger partial charge in [0.25, 0.3) is 5.91 Å². The summed E-state index contributed by atoms with van der Waals surface area (Å²) < 4.78 is 17.9. The van der Waals surface area contributed by atoms with Crippen LogP contribution < -0.4 is 5.32 Å². The molecule has 0 unspecified atom stereocenters. The Morgan fingerprint density at radius 3 is 2.60 bits per heavy atom. The summed E-state index contributed by atoms with van der Waals surface area (Å²) in [5.41, 5.74) is 4.05. The summed E-state index contributed by atoms with van der Waals surface area (Å²) in [6.45, 7) is 7.71. The number of carbonyl (C=O) groups is 1. The topological polar surface area (TPSA) is 103 Å². The lowest BCUT2D eigenvalue weighted by Crippen LogP contribution is -2.15. The zero-order valence-corrected chi connectivity index (χ0v) is 19.7. The standard InChI is InChI=1S/C25H23FN8O/c1-14(2)33-24-20(13-27-33)19(12-22(28-24)18-8-6-5-7-15(18)3)25(35)29-23-11-17(9-10-21(23)26)34-16(4)30-31-32-34/h5-14H,1-4H3,(H,29,35). The fraction of sp³-hybridized carbons (Fsp3) is 0.200. The van der Waals surface area contributed by atoms with E-state index in [4.69, 9.17) is 4.98 Å². The molecular weight excluding hydrogens is 447 g/mol. The largest absolute Gasteiger partial charge is 0.319 e. The van der Waals surface area contributed by atoms with Gasteiger partial charge in [0, 0.05) is 11.6 Å². The molecule has 9 nitrogen and oxygen atoms in total. The molecule has 1 amide bonds. The molecule has 2 aromatic carbocycles. The zero-order chi connectivity index (χ0) is 24.7. The Morgan fingerprint density at radius 1 is 1.09 bits per heavy atom. The lowest BCUT2D eigenvalue weighted by Gasteiger charge is -2.13. The number of hydrogen-bond donors (Lipinski definition) is 1. The van der Waals surface area contributed by atoms with Crippen molar-refractivity contribution in [1.82, 2.24) is 35.0 Å². The van der Waals surface area contributed by atoms with Gasteiger partial charge in [-0.3, -0.25) is 4.79 Å². The second-order valence-electron chi connectivity index (χ2n) is 8.55. The summed E-state index contributed by atoms with van der Waals surface area (Å²) in [5, 5.41) is 19.1. The minimum atomic E-state index is -0.574. The molecule has 5 rings (SSSR count). The molecule has 10 heteroatoms. The molecule has 0 aliphatic rings. The number of rotatable bonds is 5. The molecular formula is C25H23FN8O. The Labute approximate surface area is 200 Å². The first-order valence-corrected chi connectivity index (χ1v) is 11.1. The Morgan fingerprint density at radius 2 is 1.89 bits per heavy atom. The lowest BCUT2D eigenvalue weighted by atomic mass is 10.0.